The summed E-state index contributed by atoms with van der Waals surface area (Å²) < 4.78 is 5.09. The van der Waals surface area contributed by atoms with Gasteiger partial charge in [-0.05, 0) is 19.1 Å². The van der Waals surface area contributed by atoms with E-state index >= 15 is 0 Å². The van der Waals surface area contributed by atoms with Gasteiger partial charge < -0.3 is 9.64 Å². The molecule has 0 N–H and O–H groups in total. The molecule has 1 aromatic heterocycles. The van der Waals surface area contributed by atoms with E-state index in [1.54, 1.807) is 6.07 Å². The summed E-state index contributed by atoms with van der Waals surface area (Å²) in [6.07, 6.45) is -0.650. The Labute approximate surface area is 105 Å². The quantitative estimate of drug-likeness (QED) is 0.784. The molecular weight excluding hydrogens is 232 g/mol. The molecule has 1 amide bonds. The van der Waals surface area contributed by atoms with Gasteiger partial charge in [0.05, 0.1) is 5.69 Å². The first-order valence-corrected chi connectivity index (χ1v) is 5.12. The Morgan fingerprint density at radius 1 is 1.44 bits per heavy atom. The molecule has 1 heterocycles. The van der Waals surface area contributed by atoms with Crippen LogP contribution in [0, 0.1) is 22.7 Å². The lowest BCUT2D eigenvalue weighted by Gasteiger charge is -2.23. The molecule has 0 spiro atoms. The Hall–Kier alpha value is -2.60. The molecule has 0 aliphatic heterocycles. The topological polar surface area (TPSA) is 90.0 Å². The van der Waals surface area contributed by atoms with Crippen LogP contribution >= 0.6 is 0 Å². The summed E-state index contributed by atoms with van der Waals surface area (Å²) in [4.78, 5) is 16.7. The lowest BCUT2D eigenvalue weighted by molar-refractivity contribution is 0.0405. The fraction of sp³-hybridized carbons (Fsp3) is 0.333. The monoisotopic (exact) mass is 244 g/mol. The van der Waals surface area contributed by atoms with Crippen LogP contribution in [0.4, 0.5) is 4.79 Å². The van der Waals surface area contributed by atoms with Gasteiger partial charge in [-0.25, -0.2) is 9.78 Å². The van der Waals surface area contributed by atoms with Gasteiger partial charge in [0.2, 0.25) is 5.60 Å². The normalized spacial score (nSPS) is 12.7. The Morgan fingerprint density at radius 3 is 2.61 bits per heavy atom. The average molecular weight is 244 g/mol. The molecule has 18 heavy (non-hydrogen) atoms. The Kier molecular flexibility index (Phi) is 3.85. The minimum absolute atomic E-state index is 0.162. The molecule has 92 valence electrons. The van der Waals surface area contributed by atoms with Crippen LogP contribution < -0.4 is 0 Å². The van der Waals surface area contributed by atoms with E-state index in [1.807, 2.05) is 12.1 Å². The zero-order chi connectivity index (χ0) is 13.8. The van der Waals surface area contributed by atoms with Crippen molar-refractivity contribution in [2.45, 2.75) is 12.5 Å². The maximum absolute atomic E-state index is 11.5. The summed E-state index contributed by atoms with van der Waals surface area (Å²) in [5.41, 5.74) is -1.14. The number of aromatic nitrogens is 1. The summed E-state index contributed by atoms with van der Waals surface area (Å²) in [5, 5.41) is 17.9. The predicted molar refractivity (Wildman–Crippen MR) is 62.1 cm³/mol. The second-order valence-electron chi connectivity index (χ2n) is 3.93. The zero-order valence-corrected chi connectivity index (χ0v) is 10.3. The van der Waals surface area contributed by atoms with Crippen LogP contribution in [0.25, 0.3) is 0 Å². The largest absolute Gasteiger partial charge is 0.422 e. The van der Waals surface area contributed by atoms with Crippen molar-refractivity contribution in [2.75, 3.05) is 14.1 Å². The highest BCUT2D eigenvalue weighted by Gasteiger charge is 2.33. The summed E-state index contributed by atoms with van der Waals surface area (Å²) in [6.45, 7) is 1.43. The average Bonchev–Trinajstić information content (AvgIpc) is 2.38. The van der Waals surface area contributed by atoms with Gasteiger partial charge in [-0.2, -0.15) is 10.5 Å². The third-order valence-electron chi connectivity index (χ3n) is 2.22. The van der Waals surface area contributed by atoms with Crippen molar-refractivity contribution in [2.24, 2.45) is 0 Å². The Bertz CT molecular complexity index is 542. The lowest BCUT2D eigenvalue weighted by atomic mass is 10.0. The number of ether oxygens (including phenoxy) is 1. The number of pyridine rings is 1. The third-order valence-corrected chi connectivity index (χ3v) is 2.22. The fourth-order valence-corrected chi connectivity index (χ4v) is 1.16. The maximum atomic E-state index is 11.5. The van der Waals surface area contributed by atoms with Gasteiger partial charge in [-0.15, -0.1) is 0 Å². The van der Waals surface area contributed by atoms with Crippen LogP contribution in [0.2, 0.25) is 0 Å². The number of hydrogen-bond donors (Lipinski definition) is 0. The van der Waals surface area contributed by atoms with Gasteiger partial charge in [0.15, 0.2) is 0 Å². The molecule has 1 aromatic rings. The van der Waals surface area contributed by atoms with E-state index < -0.39 is 11.7 Å². The standard InChI is InChI=1S/C12H12N4O2/c1-12(8-14,18-11(17)16(2)3)10-6-4-5-9(7-13)15-10/h4-6H,1-3H3. The fourth-order valence-electron chi connectivity index (χ4n) is 1.16. The number of carbonyl (C=O) groups is 1. The number of nitriles is 2. The molecule has 0 fully saturated rings. The number of carbonyl (C=O) groups excluding carboxylic acids is 1. The van der Waals surface area contributed by atoms with E-state index in [-0.39, 0.29) is 11.4 Å². The summed E-state index contributed by atoms with van der Waals surface area (Å²) in [7, 11) is 3.03. The molecule has 1 rings (SSSR count). The van der Waals surface area contributed by atoms with E-state index in [4.69, 9.17) is 15.3 Å². The van der Waals surface area contributed by atoms with E-state index in [2.05, 4.69) is 4.98 Å². The van der Waals surface area contributed by atoms with Crippen LogP contribution in [-0.4, -0.2) is 30.1 Å². The van der Waals surface area contributed by atoms with Crippen molar-refractivity contribution in [3.05, 3.63) is 29.6 Å². The molecular formula is C12H12N4O2. The minimum atomic E-state index is -1.52. The van der Waals surface area contributed by atoms with Gasteiger partial charge in [-0.1, -0.05) is 6.07 Å². The predicted octanol–water partition coefficient (Wildman–Crippen LogP) is 1.39. The molecule has 0 bridgehead atoms. The van der Waals surface area contributed by atoms with Gasteiger partial charge in [0, 0.05) is 14.1 Å². The molecule has 0 aliphatic carbocycles. The molecule has 0 saturated carbocycles. The first kappa shape index (κ1) is 13.5. The summed E-state index contributed by atoms with van der Waals surface area (Å²) in [5.74, 6) is 0. The SMILES string of the molecule is CN(C)C(=O)OC(C)(C#N)c1cccc(C#N)n1. The van der Waals surface area contributed by atoms with Crippen molar-refractivity contribution in [3.8, 4) is 12.1 Å². The Balaban J connectivity index is 3.12. The highest BCUT2D eigenvalue weighted by atomic mass is 16.6. The van der Waals surface area contributed by atoms with Crippen molar-refractivity contribution in [1.82, 2.24) is 9.88 Å². The minimum Gasteiger partial charge on any atom is -0.422 e. The van der Waals surface area contributed by atoms with Crippen LogP contribution in [0.15, 0.2) is 18.2 Å². The molecule has 0 aromatic carbocycles. The second kappa shape index (κ2) is 5.15. The molecule has 6 heteroatoms. The first-order valence-electron chi connectivity index (χ1n) is 5.12. The number of rotatable bonds is 2. The number of amides is 1. The van der Waals surface area contributed by atoms with Crippen LogP contribution in [0.3, 0.4) is 0 Å². The van der Waals surface area contributed by atoms with E-state index in [9.17, 15) is 4.79 Å². The smallest absolute Gasteiger partial charge is 0.411 e. The van der Waals surface area contributed by atoms with E-state index in [0.29, 0.717) is 0 Å². The first-order chi connectivity index (χ1) is 8.42. The third kappa shape index (κ3) is 2.74. The molecule has 6 nitrogen and oxygen atoms in total. The zero-order valence-electron chi connectivity index (χ0n) is 10.3. The highest BCUT2D eigenvalue weighted by Crippen LogP contribution is 2.23. The Morgan fingerprint density at radius 2 is 2.11 bits per heavy atom. The van der Waals surface area contributed by atoms with Crippen LogP contribution in [0.5, 0.6) is 0 Å². The molecule has 1 unspecified atom stereocenters. The van der Waals surface area contributed by atoms with Crippen LogP contribution in [-0.2, 0) is 10.3 Å². The summed E-state index contributed by atoms with van der Waals surface area (Å²) >= 11 is 0. The second-order valence-corrected chi connectivity index (χ2v) is 3.93. The number of nitrogens with zero attached hydrogens (tertiary/aromatic N) is 4. The number of hydrogen-bond acceptors (Lipinski definition) is 5. The van der Waals surface area contributed by atoms with E-state index in [1.165, 1.54) is 38.1 Å². The summed E-state index contributed by atoms with van der Waals surface area (Å²) in [6, 6.07) is 8.39. The van der Waals surface area contributed by atoms with Crippen molar-refractivity contribution >= 4 is 6.09 Å². The van der Waals surface area contributed by atoms with E-state index in [0.717, 1.165) is 0 Å². The molecule has 1 atom stereocenters. The molecule has 0 saturated heterocycles. The van der Waals surface area contributed by atoms with Crippen LogP contribution in [0.1, 0.15) is 18.3 Å². The lowest BCUT2D eigenvalue weighted by Crippen LogP contribution is -2.34. The molecule has 0 radical (unpaired) electrons. The van der Waals surface area contributed by atoms with Crippen molar-refractivity contribution in [3.63, 3.8) is 0 Å². The van der Waals surface area contributed by atoms with Crippen molar-refractivity contribution in [1.29, 1.82) is 10.5 Å². The van der Waals surface area contributed by atoms with Gasteiger partial charge in [0.1, 0.15) is 17.8 Å². The maximum Gasteiger partial charge on any atom is 0.411 e. The highest BCUT2D eigenvalue weighted by molar-refractivity contribution is 5.68. The van der Waals surface area contributed by atoms with Gasteiger partial charge >= 0.3 is 6.09 Å². The van der Waals surface area contributed by atoms with Crippen molar-refractivity contribution < 1.29 is 9.53 Å². The van der Waals surface area contributed by atoms with Gasteiger partial charge in [-0.3, -0.25) is 0 Å². The molecule has 0 aliphatic rings. The van der Waals surface area contributed by atoms with Gasteiger partial charge in [0.25, 0.3) is 0 Å².